The third-order valence-corrected chi connectivity index (χ3v) is 5.81. The van der Waals surface area contributed by atoms with Crippen LogP contribution in [0.2, 0.25) is 0 Å². The van der Waals surface area contributed by atoms with Crippen LogP contribution in [-0.2, 0) is 21.2 Å². The van der Waals surface area contributed by atoms with E-state index in [1.165, 1.54) is 26.2 Å². The van der Waals surface area contributed by atoms with E-state index < -0.39 is 16.1 Å². The highest BCUT2D eigenvalue weighted by Crippen LogP contribution is 2.21. The van der Waals surface area contributed by atoms with Gasteiger partial charge in [-0.15, -0.1) is 0 Å². The summed E-state index contributed by atoms with van der Waals surface area (Å²) in [5.41, 5.74) is 1.74. The second-order valence-corrected chi connectivity index (χ2v) is 8.08. The average Bonchev–Trinajstić information content (AvgIpc) is 2.68. The Hall–Kier alpha value is -2.58. The van der Waals surface area contributed by atoms with E-state index in [9.17, 15) is 13.2 Å². The van der Waals surface area contributed by atoms with E-state index in [1.54, 1.807) is 20.1 Å². The van der Waals surface area contributed by atoms with Gasteiger partial charge in [0.15, 0.2) is 0 Å². The second-order valence-electron chi connectivity index (χ2n) is 6.36. The van der Waals surface area contributed by atoms with Gasteiger partial charge in [-0.2, -0.15) is 4.72 Å². The van der Waals surface area contributed by atoms with Crippen LogP contribution in [0.3, 0.4) is 0 Å². The molecule has 2 N–H and O–H groups in total. The Labute approximate surface area is 166 Å². The molecule has 1 amide bonds. The van der Waals surface area contributed by atoms with Gasteiger partial charge >= 0.3 is 0 Å². The maximum atomic E-state index is 12.5. The Balaban J connectivity index is 1.90. The Morgan fingerprint density at radius 2 is 1.75 bits per heavy atom. The molecule has 0 aliphatic heterocycles. The van der Waals surface area contributed by atoms with Crippen LogP contribution in [0.25, 0.3) is 0 Å². The molecule has 0 aromatic heterocycles. The second kappa shape index (κ2) is 9.57. The molecule has 0 saturated heterocycles. The monoisotopic (exact) mass is 406 g/mol. The standard InChI is InChI=1S/C20H26N2O5S/c1-14-13-18(9-10-19(14)27-4)28(24,25)22-15(2)20(23)21-12-11-16-5-7-17(26-3)8-6-16/h5-10,13,15,22H,11-12H2,1-4H3,(H,21,23)/t15-/m0/s1. The molecule has 2 aromatic rings. The fourth-order valence-electron chi connectivity index (χ4n) is 2.65. The normalized spacial score (nSPS) is 12.3. The highest BCUT2D eigenvalue weighted by Gasteiger charge is 2.22. The van der Waals surface area contributed by atoms with Gasteiger partial charge in [-0.3, -0.25) is 4.79 Å². The van der Waals surface area contributed by atoms with Crippen LogP contribution in [0.5, 0.6) is 11.5 Å². The summed E-state index contributed by atoms with van der Waals surface area (Å²) in [5.74, 6) is 0.982. The van der Waals surface area contributed by atoms with Gasteiger partial charge in [-0.05, 0) is 61.7 Å². The Kier molecular flexibility index (Phi) is 7.42. The van der Waals surface area contributed by atoms with Crippen molar-refractivity contribution >= 4 is 15.9 Å². The van der Waals surface area contributed by atoms with Crippen molar-refractivity contribution in [2.45, 2.75) is 31.2 Å². The van der Waals surface area contributed by atoms with E-state index in [2.05, 4.69) is 10.0 Å². The van der Waals surface area contributed by atoms with Crippen LogP contribution >= 0.6 is 0 Å². The SMILES string of the molecule is COc1ccc(CCNC(=O)[C@H](C)NS(=O)(=O)c2ccc(OC)c(C)c2)cc1. The summed E-state index contributed by atoms with van der Waals surface area (Å²) >= 11 is 0. The molecule has 2 rings (SSSR count). The van der Waals surface area contributed by atoms with Gasteiger partial charge in [-0.25, -0.2) is 8.42 Å². The molecule has 0 fully saturated rings. The number of rotatable bonds is 9. The van der Waals surface area contributed by atoms with Crippen LogP contribution < -0.4 is 19.5 Å². The number of hydrogen-bond donors (Lipinski definition) is 2. The maximum Gasteiger partial charge on any atom is 0.241 e. The van der Waals surface area contributed by atoms with Gasteiger partial charge in [0.1, 0.15) is 11.5 Å². The minimum Gasteiger partial charge on any atom is -0.497 e. The first-order valence-corrected chi connectivity index (χ1v) is 10.3. The number of nitrogens with one attached hydrogen (secondary N) is 2. The summed E-state index contributed by atoms with van der Waals surface area (Å²) in [6.07, 6.45) is 0.632. The molecule has 0 bridgehead atoms. The minimum atomic E-state index is -3.82. The molecule has 0 unspecified atom stereocenters. The summed E-state index contributed by atoms with van der Waals surface area (Å²) in [6, 6.07) is 11.2. The first kappa shape index (κ1) is 21.7. The molecule has 0 aliphatic carbocycles. The largest absolute Gasteiger partial charge is 0.497 e. The van der Waals surface area contributed by atoms with Crippen molar-refractivity contribution in [3.05, 3.63) is 53.6 Å². The zero-order valence-electron chi connectivity index (χ0n) is 16.5. The number of carbonyl (C=O) groups is 1. The average molecular weight is 407 g/mol. The third kappa shape index (κ3) is 5.71. The molecule has 152 valence electrons. The number of benzene rings is 2. The highest BCUT2D eigenvalue weighted by molar-refractivity contribution is 7.89. The van der Waals surface area contributed by atoms with Crippen molar-refractivity contribution in [1.82, 2.24) is 10.0 Å². The van der Waals surface area contributed by atoms with E-state index >= 15 is 0 Å². The molecule has 0 aliphatic rings. The van der Waals surface area contributed by atoms with Crippen molar-refractivity contribution < 1.29 is 22.7 Å². The summed E-state index contributed by atoms with van der Waals surface area (Å²) in [4.78, 5) is 12.3. The summed E-state index contributed by atoms with van der Waals surface area (Å²) in [5, 5.41) is 2.75. The van der Waals surface area contributed by atoms with Crippen LogP contribution in [0.15, 0.2) is 47.4 Å². The molecular weight excluding hydrogens is 380 g/mol. The zero-order chi connectivity index (χ0) is 20.7. The van der Waals surface area contributed by atoms with E-state index in [0.717, 1.165) is 11.3 Å². The molecular formula is C20H26N2O5S. The lowest BCUT2D eigenvalue weighted by Gasteiger charge is -2.15. The molecule has 7 nitrogen and oxygen atoms in total. The van der Waals surface area contributed by atoms with E-state index in [0.29, 0.717) is 24.3 Å². The topological polar surface area (TPSA) is 93.7 Å². The first-order valence-electron chi connectivity index (χ1n) is 8.84. The van der Waals surface area contributed by atoms with Gasteiger partial charge in [0.25, 0.3) is 0 Å². The van der Waals surface area contributed by atoms with Crippen LogP contribution in [0.4, 0.5) is 0 Å². The van der Waals surface area contributed by atoms with E-state index in [-0.39, 0.29) is 10.8 Å². The van der Waals surface area contributed by atoms with Crippen molar-refractivity contribution in [1.29, 1.82) is 0 Å². The summed E-state index contributed by atoms with van der Waals surface area (Å²) in [6.45, 7) is 3.67. The minimum absolute atomic E-state index is 0.0867. The number of hydrogen-bond acceptors (Lipinski definition) is 5. The molecule has 1 atom stereocenters. The quantitative estimate of drug-likeness (QED) is 0.665. The lowest BCUT2D eigenvalue weighted by molar-refractivity contribution is -0.122. The highest BCUT2D eigenvalue weighted by atomic mass is 32.2. The summed E-state index contributed by atoms with van der Waals surface area (Å²) in [7, 11) is -0.694. The first-order chi connectivity index (χ1) is 13.3. The summed E-state index contributed by atoms with van der Waals surface area (Å²) < 4.78 is 37.7. The number of methoxy groups -OCH3 is 2. The fraction of sp³-hybridized carbons (Fsp3) is 0.350. The third-order valence-electron chi connectivity index (χ3n) is 4.27. The molecule has 0 saturated carbocycles. The van der Waals surface area contributed by atoms with Gasteiger partial charge in [0, 0.05) is 6.54 Å². The number of carbonyl (C=O) groups excluding carboxylic acids is 1. The Morgan fingerprint density at radius 3 is 2.32 bits per heavy atom. The number of ether oxygens (including phenoxy) is 2. The molecule has 0 spiro atoms. The van der Waals surface area contributed by atoms with Crippen molar-refractivity contribution in [3.63, 3.8) is 0 Å². The lowest BCUT2D eigenvalue weighted by Crippen LogP contribution is -2.45. The molecule has 0 radical (unpaired) electrons. The van der Waals surface area contributed by atoms with E-state index in [4.69, 9.17) is 9.47 Å². The van der Waals surface area contributed by atoms with Gasteiger partial charge in [0.2, 0.25) is 15.9 Å². The predicted octanol–water partition coefficient (Wildman–Crippen LogP) is 2.04. The molecule has 8 heteroatoms. The van der Waals surface area contributed by atoms with Crippen molar-refractivity contribution in [3.8, 4) is 11.5 Å². The fourth-order valence-corrected chi connectivity index (χ4v) is 3.94. The van der Waals surface area contributed by atoms with Crippen LogP contribution in [0.1, 0.15) is 18.1 Å². The van der Waals surface area contributed by atoms with Crippen molar-refractivity contribution in [2.24, 2.45) is 0 Å². The van der Waals surface area contributed by atoms with Crippen LogP contribution in [-0.4, -0.2) is 41.1 Å². The van der Waals surface area contributed by atoms with Gasteiger partial charge < -0.3 is 14.8 Å². The van der Waals surface area contributed by atoms with E-state index in [1.807, 2.05) is 24.3 Å². The lowest BCUT2D eigenvalue weighted by atomic mass is 10.1. The van der Waals surface area contributed by atoms with Gasteiger partial charge in [0.05, 0.1) is 25.2 Å². The molecule has 0 heterocycles. The smallest absolute Gasteiger partial charge is 0.241 e. The van der Waals surface area contributed by atoms with Gasteiger partial charge in [-0.1, -0.05) is 12.1 Å². The predicted molar refractivity (Wildman–Crippen MR) is 107 cm³/mol. The number of aryl methyl sites for hydroxylation is 1. The number of amides is 1. The molecule has 28 heavy (non-hydrogen) atoms. The molecule has 2 aromatic carbocycles. The number of sulfonamides is 1. The zero-order valence-corrected chi connectivity index (χ0v) is 17.3. The van der Waals surface area contributed by atoms with Crippen molar-refractivity contribution in [2.75, 3.05) is 20.8 Å². The maximum absolute atomic E-state index is 12.5. The van der Waals surface area contributed by atoms with Crippen LogP contribution in [0, 0.1) is 6.92 Å². The Bertz CT molecular complexity index is 911. The Morgan fingerprint density at radius 1 is 1.07 bits per heavy atom.